The summed E-state index contributed by atoms with van der Waals surface area (Å²) in [6, 6.07) is 5.39. The minimum absolute atomic E-state index is 0.191. The van der Waals surface area contributed by atoms with Gasteiger partial charge in [0.1, 0.15) is 0 Å². The Bertz CT molecular complexity index is 453. The first-order chi connectivity index (χ1) is 8.92. The predicted molar refractivity (Wildman–Crippen MR) is 68.8 cm³/mol. The molecule has 0 amide bonds. The number of benzene rings is 1. The number of halogens is 2. The molecule has 0 saturated heterocycles. The second-order valence-corrected chi connectivity index (χ2v) is 5.05. The van der Waals surface area contributed by atoms with E-state index in [-0.39, 0.29) is 25.7 Å². The summed E-state index contributed by atoms with van der Waals surface area (Å²) in [5.41, 5.74) is 6.30. The fourth-order valence-electron chi connectivity index (χ4n) is 2.61. The molecule has 2 N–H and O–H groups in total. The summed E-state index contributed by atoms with van der Waals surface area (Å²) in [5.74, 6) is -1.49. The summed E-state index contributed by atoms with van der Waals surface area (Å²) in [6.45, 7) is 0. The van der Waals surface area contributed by atoms with E-state index < -0.39 is 11.5 Å². The lowest BCUT2D eigenvalue weighted by Crippen LogP contribution is -2.43. The minimum Gasteiger partial charge on any atom is -0.493 e. The molecule has 0 aliphatic heterocycles. The van der Waals surface area contributed by atoms with E-state index in [2.05, 4.69) is 0 Å². The Morgan fingerprint density at radius 3 is 2.21 bits per heavy atom. The second kappa shape index (κ2) is 4.96. The van der Waals surface area contributed by atoms with Gasteiger partial charge in [-0.3, -0.25) is 0 Å². The molecule has 1 aliphatic carbocycles. The van der Waals surface area contributed by atoms with Crippen molar-refractivity contribution < 1.29 is 18.3 Å². The highest BCUT2D eigenvalue weighted by Gasteiger charge is 2.43. The van der Waals surface area contributed by atoms with E-state index in [0.29, 0.717) is 11.5 Å². The topological polar surface area (TPSA) is 44.5 Å². The molecule has 0 heterocycles. The lowest BCUT2D eigenvalue weighted by atomic mass is 9.75. The van der Waals surface area contributed by atoms with Gasteiger partial charge in [0.05, 0.1) is 14.2 Å². The highest BCUT2D eigenvalue weighted by Crippen LogP contribution is 2.46. The first-order valence-corrected chi connectivity index (χ1v) is 6.30. The Morgan fingerprint density at radius 1 is 1.05 bits per heavy atom. The van der Waals surface area contributed by atoms with Crippen molar-refractivity contribution >= 4 is 0 Å². The molecule has 0 atom stereocenters. The SMILES string of the molecule is COc1cccc(C2(N)CCC(F)(F)CC2)c1OC. The van der Waals surface area contributed by atoms with Crippen molar-refractivity contribution in [2.45, 2.75) is 37.1 Å². The van der Waals surface area contributed by atoms with Crippen LogP contribution in [-0.2, 0) is 5.54 Å². The van der Waals surface area contributed by atoms with Crippen LogP contribution in [0.3, 0.4) is 0 Å². The monoisotopic (exact) mass is 271 g/mol. The van der Waals surface area contributed by atoms with Gasteiger partial charge in [0.15, 0.2) is 11.5 Å². The smallest absolute Gasteiger partial charge is 0.248 e. The van der Waals surface area contributed by atoms with Crippen molar-refractivity contribution in [1.29, 1.82) is 0 Å². The standard InChI is InChI=1S/C14H19F2NO2/c1-18-11-5-3-4-10(12(11)19-2)13(17)6-8-14(15,16)9-7-13/h3-5H,6-9,17H2,1-2H3. The van der Waals surface area contributed by atoms with Gasteiger partial charge in [0.25, 0.3) is 0 Å². The summed E-state index contributed by atoms with van der Waals surface area (Å²) in [7, 11) is 3.07. The molecule has 0 radical (unpaired) electrons. The van der Waals surface area contributed by atoms with Crippen LogP contribution in [0.25, 0.3) is 0 Å². The van der Waals surface area contributed by atoms with Crippen molar-refractivity contribution in [3.05, 3.63) is 23.8 Å². The molecule has 1 saturated carbocycles. The Hall–Kier alpha value is -1.36. The van der Waals surface area contributed by atoms with Crippen molar-refractivity contribution in [3.8, 4) is 11.5 Å². The highest BCUT2D eigenvalue weighted by molar-refractivity contribution is 5.50. The lowest BCUT2D eigenvalue weighted by molar-refractivity contribution is -0.0516. The average molecular weight is 271 g/mol. The third kappa shape index (κ3) is 2.66. The fraction of sp³-hybridized carbons (Fsp3) is 0.571. The lowest BCUT2D eigenvalue weighted by Gasteiger charge is -2.38. The number of nitrogens with two attached hydrogens (primary N) is 1. The number of alkyl halides is 2. The van der Waals surface area contributed by atoms with Crippen LogP contribution in [0.5, 0.6) is 11.5 Å². The zero-order valence-electron chi connectivity index (χ0n) is 11.2. The van der Waals surface area contributed by atoms with Crippen LogP contribution in [0.1, 0.15) is 31.2 Å². The van der Waals surface area contributed by atoms with Gasteiger partial charge < -0.3 is 15.2 Å². The van der Waals surface area contributed by atoms with E-state index >= 15 is 0 Å². The number of hydrogen-bond acceptors (Lipinski definition) is 3. The summed E-state index contributed by atoms with van der Waals surface area (Å²) in [5, 5.41) is 0. The van der Waals surface area contributed by atoms with Crippen molar-refractivity contribution in [2.75, 3.05) is 14.2 Å². The molecule has 0 aromatic heterocycles. The van der Waals surface area contributed by atoms with E-state index in [1.54, 1.807) is 19.2 Å². The second-order valence-electron chi connectivity index (χ2n) is 5.05. The molecule has 1 aliphatic rings. The van der Waals surface area contributed by atoms with Crippen molar-refractivity contribution in [2.24, 2.45) is 5.73 Å². The fourth-order valence-corrected chi connectivity index (χ4v) is 2.61. The Kier molecular flexibility index (Phi) is 3.67. The molecule has 106 valence electrons. The summed E-state index contributed by atoms with van der Waals surface area (Å²) in [6.07, 6.45) is 0.0980. The number of ether oxygens (including phenoxy) is 2. The molecule has 3 nitrogen and oxygen atoms in total. The number of methoxy groups -OCH3 is 2. The average Bonchev–Trinajstić information content (AvgIpc) is 2.41. The Balaban J connectivity index is 2.36. The largest absolute Gasteiger partial charge is 0.493 e. The maximum absolute atomic E-state index is 13.3. The number of rotatable bonds is 3. The summed E-state index contributed by atoms with van der Waals surface area (Å²) in [4.78, 5) is 0. The van der Waals surface area contributed by atoms with Crippen LogP contribution < -0.4 is 15.2 Å². The molecular formula is C14H19F2NO2. The molecule has 0 spiro atoms. The summed E-state index contributed by atoms with van der Waals surface area (Å²) >= 11 is 0. The third-order valence-electron chi connectivity index (χ3n) is 3.81. The van der Waals surface area contributed by atoms with Crippen molar-refractivity contribution in [3.63, 3.8) is 0 Å². The van der Waals surface area contributed by atoms with E-state index in [1.165, 1.54) is 7.11 Å². The Labute approximate surface area is 111 Å². The van der Waals surface area contributed by atoms with Gasteiger partial charge >= 0.3 is 0 Å². The van der Waals surface area contributed by atoms with Crippen LogP contribution in [0.2, 0.25) is 0 Å². The predicted octanol–water partition coefficient (Wildman–Crippen LogP) is 3.07. The molecule has 19 heavy (non-hydrogen) atoms. The van der Waals surface area contributed by atoms with Crippen LogP contribution in [0.15, 0.2) is 18.2 Å². The molecule has 1 aromatic rings. The molecule has 1 aromatic carbocycles. The zero-order valence-corrected chi connectivity index (χ0v) is 11.2. The maximum Gasteiger partial charge on any atom is 0.248 e. The van der Waals surface area contributed by atoms with Crippen molar-refractivity contribution in [1.82, 2.24) is 0 Å². The number of para-hydroxylation sites is 1. The normalized spacial score (nSPS) is 20.9. The van der Waals surface area contributed by atoms with Gasteiger partial charge in [-0.25, -0.2) is 8.78 Å². The zero-order chi connectivity index (χ0) is 14.1. The highest BCUT2D eigenvalue weighted by atomic mass is 19.3. The van der Waals surface area contributed by atoms with Crippen LogP contribution >= 0.6 is 0 Å². The first-order valence-electron chi connectivity index (χ1n) is 6.30. The van der Waals surface area contributed by atoms with Gasteiger partial charge in [-0.2, -0.15) is 0 Å². The van der Waals surface area contributed by atoms with E-state index in [9.17, 15) is 8.78 Å². The third-order valence-corrected chi connectivity index (χ3v) is 3.81. The molecule has 1 fully saturated rings. The van der Waals surface area contributed by atoms with Crippen LogP contribution in [0.4, 0.5) is 8.78 Å². The Morgan fingerprint density at radius 2 is 1.68 bits per heavy atom. The molecule has 0 unspecified atom stereocenters. The molecular weight excluding hydrogens is 252 g/mol. The van der Waals surface area contributed by atoms with Gasteiger partial charge in [0, 0.05) is 23.9 Å². The van der Waals surface area contributed by atoms with Gasteiger partial charge in [-0.15, -0.1) is 0 Å². The quantitative estimate of drug-likeness (QED) is 0.919. The van der Waals surface area contributed by atoms with E-state index in [1.807, 2.05) is 6.07 Å². The first kappa shape index (κ1) is 14.1. The van der Waals surface area contributed by atoms with Crippen LogP contribution in [-0.4, -0.2) is 20.1 Å². The van der Waals surface area contributed by atoms with Gasteiger partial charge in [0.2, 0.25) is 5.92 Å². The van der Waals surface area contributed by atoms with Gasteiger partial charge in [-0.05, 0) is 18.9 Å². The minimum atomic E-state index is -2.60. The van der Waals surface area contributed by atoms with E-state index in [0.717, 1.165) is 5.56 Å². The molecule has 5 heteroatoms. The number of hydrogen-bond donors (Lipinski definition) is 1. The summed E-state index contributed by atoms with van der Waals surface area (Å²) < 4.78 is 37.1. The molecule has 2 rings (SSSR count). The van der Waals surface area contributed by atoms with E-state index in [4.69, 9.17) is 15.2 Å². The molecule has 0 bridgehead atoms. The maximum atomic E-state index is 13.3. The van der Waals surface area contributed by atoms with Crippen LogP contribution in [0, 0.1) is 0 Å². The van der Waals surface area contributed by atoms with Gasteiger partial charge in [-0.1, -0.05) is 12.1 Å².